The third-order valence-corrected chi connectivity index (χ3v) is 4.62. The summed E-state index contributed by atoms with van der Waals surface area (Å²) in [5, 5.41) is 0. The Kier molecular flexibility index (Phi) is 6.72. The number of ether oxygens (including phenoxy) is 1. The molecule has 2 N–H and O–H groups in total. The third-order valence-electron chi connectivity index (χ3n) is 4.62. The molecule has 0 bridgehead atoms. The van der Waals surface area contributed by atoms with Crippen LogP contribution in [0.25, 0.3) is 0 Å². The zero-order valence-corrected chi connectivity index (χ0v) is 15.5. The first-order valence-electron chi connectivity index (χ1n) is 9.00. The molecule has 0 aromatic heterocycles. The van der Waals surface area contributed by atoms with Gasteiger partial charge in [0, 0.05) is 0 Å². The first-order valence-corrected chi connectivity index (χ1v) is 9.00. The molecular weight excluding hydrogens is 294 g/mol. The van der Waals surface area contributed by atoms with E-state index in [1.807, 2.05) is 24.3 Å². The lowest BCUT2D eigenvalue weighted by molar-refractivity contribution is 0.215. The topological polar surface area (TPSA) is 35.2 Å². The summed E-state index contributed by atoms with van der Waals surface area (Å²) in [5.74, 6) is 2.53. The summed E-state index contributed by atoms with van der Waals surface area (Å²) in [5.41, 5.74) is 9.47. The highest BCUT2D eigenvalue weighted by atomic mass is 16.5. The summed E-state index contributed by atoms with van der Waals surface area (Å²) < 4.78 is 5.90. The lowest BCUT2D eigenvalue weighted by Crippen LogP contribution is -2.19. The number of rotatable bonds is 8. The molecule has 130 valence electrons. The van der Waals surface area contributed by atoms with E-state index in [4.69, 9.17) is 10.5 Å². The Hall–Kier alpha value is -1.96. The molecule has 0 spiro atoms. The van der Waals surface area contributed by atoms with Crippen LogP contribution in [0.2, 0.25) is 0 Å². The van der Waals surface area contributed by atoms with Crippen LogP contribution in [-0.2, 0) is 12.8 Å². The van der Waals surface area contributed by atoms with Gasteiger partial charge in [-0.1, -0.05) is 64.1 Å². The van der Waals surface area contributed by atoms with Crippen molar-refractivity contribution in [3.8, 4) is 5.75 Å². The van der Waals surface area contributed by atoms with Gasteiger partial charge in [-0.3, -0.25) is 0 Å². The third kappa shape index (κ3) is 5.59. The van der Waals surface area contributed by atoms with E-state index < -0.39 is 0 Å². The number of hydrogen-bond acceptors (Lipinski definition) is 2. The predicted octanol–water partition coefficient (Wildman–Crippen LogP) is 5.36. The maximum absolute atomic E-state index is 5.93. The second kappa shape index (κ2) is 8.77. The van der Waals surface area contributed by atoms with Gasteiger partial charge in [0.1, 0.15) is 5.75 Å². The zero-order chi connectivity index (χ0) is 17.5. The van der Waals surface area contributed by atoms with Crippen molar-refractivity contribution in [3.05, 3.63) is 59.7 Å². The molecule has 2 aromatic carbocycles. The molecule has 0 radical (unpaired) electrons. The molecule has 2 heteroatoms. The lowest BCUT2D eigenvalue weighted by atomic mass is 9.89. The van der Waals surface area contributed by atoms with Gasteiger partial charge in [-0.25, -0.2) is 0 Å². The van der Waals surface area contributed by atoms with Crippen LogP contribution in [0.5, 0.6) is 5.75 Å². The van der Waals surface area contributed by atoms with Crippen LogP contribution in [0.1, 0.15) is 38.8 Å². The molecule has 2 unspecified atom stereocenters. The fourth-order valence-electron chi connectivity index (χ4n) is 2.85. The summed E-state index contributed by atoms with van der Waals surface area (Å²) in [6.45, 7) is 9.76. The van der Waals surface area contributed by atoms with Crippen LogP contribution in [0.3, 0.4) is 0 Å². The van der Waals surface area contributed by atoms with E-state index in [1.165, 1.54) is 11.1 Å². The maximum Gasteiger partial charge on any atom is 0.142 e. The van der Waals surface area contributed by atoms with Gasteiger partial charge in [-0.15, -0.1) is 0 Å². The van der Waals surface area contributed by atoms with Crippen molar-refractivity contribution in [2.45, 2.75) is 40.5 Å². The van der Waals surface area contributed by atoms with Crippen molar-refractivity contribution in [2.75, 3.05) is 12.3 Å². The van der Waals surface area contributed by atoms with E-state index in [1.54, 1.807) is 0 Å². The molecule has 2 rings (SSSR count). The number of nitrogens with two attached hydrogens (primary N) is 1. The Morgan fingerprint density at radius 2 is 1.38 bits per heavy atom. The van der Waals surface area contributed by atoms with Crippen LogP contribution in [-0.4, -0.2) is 6.61 Å². The van der Waals surface area contributed by atoms with Crippen molar-refractivity contribution in [1.82, 2.24) is 0 Å². The number of hydrogen-bond donors (Lipinski definition) is 1. The first kappa shape index (κ1) is 18.4. The normalized spacial score (nSPS) is 13.7. The Balaban J connectivity index is 1.84. The fraction of sp³-hybridized carbons (Fsp3) is 0.455. The summed E-state index contributed by atoms with van der Waals surface area (Å²) >= 11 is 0. The van der Waals surface area contributed by atoms with Crippen LogP contribution in [0.15, 0.2) is 48.5 Å². The fourth-order valence-corrected chi connectivity index (χ4v) is 2.85. The van der Waals surface area contributed by atoms with Crippen LogP contribution < -0.4 is 10.5 Å². The summed E-state index contributed by atoms with van der Waals surface area (Å²) in [7, 11) is 0. The monoisotopic (exact) mass is 325 g/mol. The Bertz CT molecular complexity index is 618. The highest BCUT2D eigenvalue weighted by Gasteiger charge is 2.14. The van der Waals surface area contributed by atoms with E-state index in [2.05, 4.69) is 52.0 Å². The van der Waals surface area contributed by atoms with Gasteiger partial charge >= 0.3 is 0 Å². The van der Waals surface area contributed by atoms with Crippen LogP contribution in [0.4, 0.5) is 5.69 Å². The molecular formula is C22H31NO. The molecule has 2 atom stereocenters. The maximum atomic E-state index is 5.93. The van der Waals surface area contributed by atoms with E-state index >= 15 is 0 Å². The second-order valence-corrected chi connectivity index (χ2v) is 7.42. The molecule has 0 saturated heterocycles. The minimum absolute atomic E-state index is 0.472. The Morgan fingerprint density at radius 1 is 0.792 bits per heavy atom. The van der Waals surface area contributed by atoms with Gasteiger partial charge in [0.05, 0.1) is 12.3 Å². The number of benzene rings is 2. The lowest BCUT2D eigenvalue weighted by Gasteiger charge is -2.21. The van der Waals surface area contributed by atoms with Crippen LogP contribution in [0, 0.1) is 17.8 Å². The van der Waals surface area contributed by atoms with Crippen molar-refractivity contribution >= 4 is 5.69 Å². The van der Waals surface area contributed by atoms with Gasteiger partial charge in [-0.2, -0.15) is 0 Å². The molecule has 0 fully saturated rings. The SMILES string of the molecule is CC(C)Cc1ccc(CC(C)C(C)COc2ccccc2N)cc1. The summed E-state index contributed by atoms with van der Waals surface area (Å²) in [6.07, 6.45) is 2.23. The standard InChI is InChI=1S/C22H31NO/c1-16(2)13-19-9-11-20(12-10-19)14-17(3)18(4)15-24-22-8-6-5-7-21(22)23/h5-12,16-18H,13-15,23H2,1-4H3. The van der Waals surface area contributed by atoms with E-state index in [0.29, 0.717) is 30.0 Å². The van der Waals surface area contributed by atoms with E-state index in [-0.39, 0.29) is 0 Å². The molecule has 0 heterocycles. The highest BCUT2D eigenvalue weighted by molar-refractivity contribution is 5.51. The number of para-hydroxylation sites is 2. The van der Waals surface area contributed by atoms with Gasteiger partial charge in [0.2, 0.25) is 0 Å². The summed E-state index contributed by atoms with van der Waals surface area (Å²) in [4.78, 5) is 0. The van der Waals surface area contributed by atoms with Gasteiger partial charge in [0.15, 0.2) is 0 Å². The molecule has 0 saturated carbocycles. The predicted molar refractivity (Wildman–Crippen MR) is 103 cm³/mol. The quantitative estimate of drug-likeness (QED) is 0.663. The van der Waals surface area contributed by atoms with Crippen molar-refractivity contribution in [1.29, 1.82) is 0 Å². The smallest absolute Gasteiger partial charge is 0.142 e. The molecule has 24 heavy (non-hydrogen) atoms. The summed E-state index contributed by atoms with van der Waals surface area (Å²) in [6, 6.07) is 16.8. The van der Waals surface area contributed by atoms with Gasteiger partial charge < -0.3 is 10.5 Å². The Morgan fingerprint density at radius 3 is 1.96 bits per heavy atom. The van der Waals surface area contributed by atoms with E-state index in [9.17, 15) is 0 Å². The average molecular weight is 325 g/mol. The minimum Gasteiger partial charge on any atom is -0.491 e. The van der Waals surface area contributed by atoms with E-state index in [0.717, 1.165) is 18.6 Å². The minimum atomic E-state index is 0.472. The van der Waals surface area contributed by atoms with Crippen molar-refractivity contribution in [2.24, 2.45) is 17.8 Å². The number of nitrogen functional groups attached to an aromatic ring is 1. The van der Waals surface area contributed by atoms with Crippen molar-refractivity contribution < 1.29 is 4.74 Å². The highest BCUT2D eigenvalue weighted by Crippen LogP contribution is 2.23. The first-order chi connectivity index (χ1) is 11.5. The second-order valence-electron chi connectivity index (χ2n) is 7.42. The molecule has 0 aliphatic carbocycles. The van der Waals surface area contributed by atoms with Crippen LogP contribution >= 0.6 is 0 Å². The molecule has 2 nitrogen and oxygen atoms in total. The molecule has 0 aliphatic rings. The molecule has 0 amide bonds. The molecule has 2 aromatic rings. The number of anilines is 1. The van der Waals surface area contributed by atoms with Gasteiger partial charge in [0.25, 0.3) is 0 Å². The van der Waals surface area contributed by atoms with Crippen molar-refractivity contribution in [3.63, 3.8) is 0 Å². The zero-order valence-electron chi connectivity index (χ0n) is 15.5. The average Bonchev–Trinajstić information content (AvgIpc) is 2.55. The largest absolute Gasteiger partial charge is 0.491 e. The molecule has 0 aliphatic heterocycles. The Labute approximate surface area is 147 Å². The van der Waals surface area contributed by atoms with Gasteiger partial charge in [-0.05, 0) is 53.9 Å².